The lowest BCUT2D eigenvalue weighted by molar-refractivity contribution is 0.0962. The largest absolute Gasteiger partial charge is 0.297 e. The molecule has 0 aliphatic carbocycles. The number of fused-ring (bicyclic) bond motifs is 2. The first-order valence-corrected chi connectivity index (χ1v) is 8.57. The molecule has 5 nitrogen and oxygen atoms in total. The third-order valence-electron chi connectivity index (χ3n) is 5.04. The van der Waals surface area contributed by atoms with Crippen molar-refractivity contribution in [2.75, 3.05) is 12.0 Å². The average Bonchev–Trinajstić information content (AvgIpc) is 2.65. The Bertz CT molecular complexity index is 984. The Morgan fingerprint density at radius 1 is 1.04 bits per heavy atom. The van der Waals surface area contributed by atoms with Crippen molar-refractivity contribution < 1.29 is 4.79 Å². The summed E-state index contributed by atoms with van der Waals surface area (Å²) in [5.41, 5.74) is 12.1. The van der Waals surface area contributed by atoms with Crippen LogP contribution in [0.5, 0.6) is 0 Å². The highest BCUT2D eigenvalue weighted by Crippen LogP contribution is 2.35. The number of aromatic nitrogens is 1. The van der Waals surface area contributed by atoms with E-state index in [2.05, 4.69) is 40.0 Å². The van der Waals surface area contributed by atoms with Gasteiger partial charge in [0.05, 0.1) is 22.5 Å². The van der Waals surface area contributed by atoms with Gasteiger partial charge in [0.2, 0.25) is 0 Å². The Kier molecular flexibility index (Phi) is 3.21. The molecule has 2 aliphatic rings. The topological polar surface area (TPSA) is 57.3 Å². The Morgan fingerprint density at radius 3 is 2.80 bits per heavy atom. The Hall–Kier alpha value is -2.92. The van der Waals surface area contributed by atoms with Gasteiger partial charge in [0, 0.05) is 30.6 Å². The fourth-order valence-corrected chi connectivity index (χ4v) is 3.86. The van der Waals surface area contributed by atoms with Gasteiger partial charge in [-0.1, -0.05) is 36.4 Å². The summed E-state index contributed by atoms with van der Waals surface area (Å²) in [4.78, 5) is 19.4. The molecule has 3 aromatic rings. The number of pyridine rings is 1. The first kappa shape index (κ1) is 14.4. The minimum atomic E-state index is -0.0960. The predicted octanol–water partition coefficient (Wildman–Crippen LogP) is 2.86. The van der Waals surface area contributed by atoms with Crippen LogP contribution < -0.4 is 10.9 Å². The molecule has 0 fully saturated rings. The molecule has 0 saturated heterocycles. The van der Waals surface area contributed by atoms with E-state index in [0.29, 0.717) is 5.56 Å². The van der Waals surface area contributed by atoms with Crippen molar-refractivity contribution >= 4 is 22.5 Å². The lowest BCUT2D eigenvalue weighted by atomic mass is 9.95. The summed E-state index contributed by atoms with van der Waals surface area (Å²) in [6.45, 7) is 2.74. The molecule has 1 aromatic heterocycles. The molecule has 1 amide bonds. The van der Waals surface area contributed by atoms with Crippen molar-refractivity contribution in [1.29, 1.82) is 0 Å². The van der Waals surface area contributed by atoms with E-state index in [9.17, 15) is 4.79 Å². The van der Waals surface area contributed by atoms with Gasteiger partial charge in [-0.05, 0) is 24.1 Å². The molecule has 3 heterocycles. The van der Waals surface area contributed by atoms with Gasteiger partial charge in [0.25, 0.3) is 5.91 Å². The number of amides is 1. The molecule has 5 heteroatoms. The lowest BCUT2D eigenvalue weighted by Gasteiger charge is -2.31. The van der Waals surface area contributed by atoms with E-state index in [1.807, 2.05) is 24.3 Å². The number of carbonyl (C=O) groups excluding carboxylic acids is 1. The van der Waals surface area contributed by atoms with E-state index < -0.39 is 0 Å². The van der Waals surface area contributed by atoms with Crippen LogP contribution in [0.25, 0.3) is 10.9 Å². The van der Waals surface area contributed by atoms with Crippen LogP contribution in [0, 0.1) is 0 Å². The van der Waals surface area contributed by atoms with Crippen molar-refractivity contribution in [2.45, 2.75) is 19.5 Å². The first-order chi connectivity index (χ1) is 12.3. The Morgan fingerprint density at radius 2 is 1.92 bits per heavy atom. The second-order valence-corrected chi connectivity index (χ2v) is 6.64. The third kappa shape index (κ3) is 2.36. The quantitative estimate of drug-likeness (QED) is 0.759. The maximum absolute atomic E-state index is 12.1. The van der Waals surface area contributed by atoms with Gasteiger partial charge in [0.15, 0.2) is 0 Å². The molecular formula is C20H18N4O. The second kappa shape index (κ2) is 5.57. The van der Waals surface area contributed by atoms with Gasteiger partial charge in [-0.25, -0.2) is 0 Å². The van der Waals surface area contributed by atoms with Crippen LogP contribution in [0.4, 0.5) is 5.69 Å². The van der Waals surface area contributed by atoms with Gasteiger partial charge in [0.1, 0.15) is 0 Å². The monoisotopic (exact) mass is 330 g/mol. The summed E-state index contributed by atoms with van der Waals surface area (Å²) in [6.07, 6.45) is 0.928. The SMILES string of the molecule is O=C1NNc2c3c(nc4cccc1c24)CN(Cc1ccccc1)CC3. The molecule has 124 valence electrons. The van der Waals surface area contributed by atoms with Crippen molar-refractivity contribution in [1.82, 2.24) is 15.3 Å². The average molecular weight is 330 g/mol. The molecular weight excluding hydrogens is 312 g/mol. The molecule has 0 radical (unpaired) electrons. The highest BCUT2D eigenvalue weighted by molar-refractivity contribution is 6.14. The number of rotatable bonds is 2. The maximum atomic E-state index is 12.1. The zero-order chi connectivity index (χ0) is 16.8. The summed E-state index contributed by atoms with van der Waals surface area (Å²) in [6, 6.07) is 16.3. The highest BCUT2D eigenvalue weighted by atomic mass is 16.2. The summed E-state index contributed by atoms with van der Waals surface area (Å²) in [7, 11) is 0. The van der Waals surface area contributed by atoms with E-state index >= 15 is 0 Å². The zero-order valence-corrected chi connectivity index (χ0v) is 13.7. The molecule has 2 N–H and O–H groups in total. The number of carbonyl (C=O) groups is 1. The van der Waals surface area contributed by atoms with E-state index in [-0.39, 0.29) is 5.91 Å². The number of hydrogen-bond acceptors (Lipinski definition) is 4. The fourth-order valence-electron chi connectivity index (χ4n) is 3.86. The van der Waals surface area contributed by atoms with Crippen LogP contribution in [-0.4, -0.2) is 22.3 Å². The summed E-state index contributed by atoms with van der Waals surface area (Å²) < 4.78 is 0. The summed E-state index contributed by atoms with van der Waals surface area (Å²) in [5, 5.41) is 0.946. The van der Waals surface area contributed by atoms with Gasteiger partial charge in [-0.15, -0.1) is 0 Å². The molecule has 0 bridgehead atoms. The number of hydrogen-bond donors (Lipinski definition) is 2. The van der Waals surface area contributed by atoms with Crippen molar-refractivity contribution in [3.63, 3.8) is 0 Å². The van der Waals surface area contributed by atoms with Crippen molar-refractivity contribution in [2.24, 2.45) is 0 Å². The fraction of sp³-hybridized carbons (Fsp3) is 0.200. The van der Waals surface area contributed by atoms with Gasteiger partial charge in [-0.2, -0.15) is 0 Å². The van der Waals surface area contributed by atoms with Crippen LogP contribution >= 0.6 is 0 Å². The minimum Gasteiger partial charge on any atom is -0.297 e. The summed E-state index contributed by atoms with van der Waals surface area (Å²) >= 11 is 0. The molecule has 0 atom stereocenters. The molecule has 25 heavy (non-hydrogen) atoms. The Labute approximate surface area is 145 Å². The molecule has 2 aromatic carbocycles. The van der Waals surface area contributed by atoms with E-state index in [0.717, 1.165) is 48.3 Å². The van der Waals surface area contributed by atoms with E-state index in [1.165, 1.54) is 11.1 Å². The molecule has 2 aliphatic heterocycles. The minimum absolute atomic E-state index is 0.0960. The van der Waals surface area contributed by atoms with Crippen LogP contribution in [0.2, 0.25) is 0 Å². The van der Waals surface area contributed by atoms with Crippen LogP contribution in [0.15, 0.2) is 48.5 Å². The molecule has 5 rings (SSSR count). The van der Waals surface area contributed by atoms with Crippen LogP contribution in [0.3, 0.4) is 0 Å². The Balaban J connectivity index is 1.55. The van der Waals surface area contributed by atoms with E-state index in [1.54, 1.807) is 0 Å². The first-order valence-electron chi connectivity index (χ1n) is 8.57. The van der Waals surface area contributed by atoms with Crippen molar-refractivity contribution in [3.05, 3.63) is 70.9 Å². The molecule has 0 unspecified atom stereocenters. The second-order valence-electron chi connectivity index (χ2n) is 6.64. The van der Waals surface area contributed by atoms with Gasteiger partial charge < -0.3 is 0 Å². The standard InChI is InChI=1S/C20H18N4O/c25-20-15-7-4-8-16-18(15)19(22-23-20)14-9-10-24(12-17(14)21-16)11-13-5-2-1-3-6-13/h1-8,22H,9-12H2,(H,23,25). The number of hydrazine groups is 1. The van der Waals surface area contributed by atoms with Gasteiger partial charge in [-0.3, -0.25) is 25.5 Å². The van der Waals surface area contributed by atoms with E-state index in [4.69, 9.17) is 4.98 Å². The highest BCUT2D eigenvalue weighted by Gasteiger charge is 2.27. The zero-order valence-electron chi connectivity index (χ0n) is 13.7. The normalized spacial score (nSPS) is 16.2. The summed E-state index contributed by atoms with van der Waals surface area (Å²) in [5.74, 6) is -0.0960. The smallest absolute Gasteiger partial charge is 0.270 e. The van der Waals surface area contributed by atoms with Gasteiger partial charge >= 0.3 is 0 Å². The van der Waals surface area contributed by atoms with Crippen molar-refractivity contribution in [3.8, 4) is 0 Å². The third-order valence-corrected chi connectivity index (χ3v) is 5.04. The lowest BCUT2D eigenvalue weighted by Crippen LogP contribution is -2.36. The van der Waals surface area contributed by atoms with Crippen LogP contribution in [0.1, 0.15) is 27.2 Å². The number of benzene rings is 2. The molecule has 0 spiro atoms. The number of anilines is 1. The maximum Gasteiger partial charge on any atom is 0.270 e. The predicted molar refractivity (Wildman–Crippen MR) is 97.1 cm³/mol. The number of nitrogens with one attached hydrogen (secondary N) is 2. The molecule has 0 saturated carbocycles. The van der Waals surface area contributed by atoms with Crippen LogP contribution in [-0.2, 0) is 19.5 Å². The number of nitrogens with zero attached hydrogens (tertiary/aromatic N) is 2.